The van der Waals surface area contributed by atoms with Gasteiger partial charge in [-0.05, 0) is 0 Å². The number of morpholine rings is 1. The molecule has 0 saturated carbocycles. The first kappa shape index (κ1) is 10.7. The Morgan fingerprint density at radius 1 is 1.33 bits per heavy atom. The first-order chi connectivity index (χ1) is 7.10. The molecule has 1 saturated heterocycles. The van der Waals surface area contributed by atoms with Crippen LogP contribution in [0.2, 0.25) is 0 Å². The maximum atomic E-state index is 11.9. The molecule has 0 aliphatic carbocycles. The Kier molecular flexibility index (Phi) is 2.87. The first-order valence-corrected chi connectivity index (χ1v) is 6.53. The van der Waals surface area contributed by atoms with E-state index in [2.05, 4.69) is 10.2 Å². The largest absolute Gasteiger partial charge is 0.379 e. The molecule has 84 valence electrons. The minimum Gasteiger partial charge on any atom is -0.379 e. The highest BCUT2D eigenvalue weighted by molar-refractivity contribution is 7.91. The van der Waals surface area contributed by atoms with Crippen LogP contribution in [-0.4, -0.2) is 49.2 Å². The van der Waals surface area contributed by atoms with E-state index >= 15 is 0 Å². The lowest BCUT2D eigenvalue weighted by molar-refractivity contribution is 0.0730. The molecule has 1 aromatic rings. The predicted octanol–water partition coefficient (Wildman–Crippen LogP) is -0.859. The van der Waals surface area contributed by atoms with Crippen LogP contribution in [0.4, 0.5) is 5.13 Å². The molecule has 9 heteroatoms. The van der Waals surface area contributed by atoms with Crippen LogP contribution in [0.25, 0.3) is 0 Å². The summed E-state index contributed by atoms with van der Waals surface area (Å²) >= 11 is 0.873. The van der Waals surface area contributed by atoms with Crippen molar-refractivity contribution >= 4 is 26.5 Å². The summed E-state index contributed by atoms with van der Waals surface area (Å²) in [7, 11) is -3.52. The number of hydrogen-bond donors (Lipinski definition) is 1. The van der Waals surface area contributed by atoms with Crippen LogP contribution in [0, 0.1) is 0 Å². The Labute approximate surface area is 90.9 Å². The van der Waals surface area contributed by atoms with E-state index in [1.54, 1.807) is 0 Å². The summed E-state index contributed by atoms with van der Waals surface area (Å²) in [5.74, 6) is 0. The smallest absolute Gasteiger partial charge is 0.272 e. The fourth-order valence-electron chi connectivity index (χ4n) is 1.22. The van der Waals surface area contributed by atoms with Gasteiger partial charge in [-0.3, -0.25) is 0 Å². The second-order valence-electron chi connectivity index (χ2n) is 2.92. The second kappa shape index (κ2) is 4.00. The van der Waals surface area contributed by atoms with Gasteiger partial charge in [0.1, 0.15) is 0 Å². The van der Waals surface area contributed by atoms with Crippen LogP contribution in [-0.2, 0) is 14.8 Å². The third kappa shape index (κ3) is 2.09. The minimum atomic E-state index is -3.52. The average molecular weight is 250 g/mol. The lowest BCUT2D eigenvalue weighted by Gasteiger charge is -2.24. The number of aromatic nitrogens is 2. The van der Waals surface area contributed by atoms with Crippen molar-refractivity contribution in [3.63, 3.8) is 0 Å². The molecule has 2 rings (SSSR count). The quantitative estimate of drug-likeness (QED) is 0.733. The lowest BCUT2D eigenvalue weighted by Crippen LogP contribution is -2.40. The van der Waals surface area contributed by atoms with Gasteiger partial charge in [0.25, 0.3) is 10.0 Å². The molecule has 7 nitrogen and oxygen atoms in total. The van der Waals surface area contributed by atoms with Gasteiger partial charge in [0.15, 0.2) is 0 Å². The van der Waals surface area contributed by atoms with Gasteiger partial charge in [-0.25, -0.2) is 8.42 Å². The van der Waals surface area contributed by atoms with E-state index in [1.165, 1.54) is 4.31 Å². The van der Waals surface area contributed by atoms with Crippen molar-refractivity contribution in [2.24, 2.45) is 0 Å². The highest BCUT2D eigenvalue weighted by Gasteiger charge is 2.29. The summed E-state index contributed by atoms with van der Waals surface area (Å²) in [6.45, 7) is 1.52. The number of rotatable bonds is 2. The topological polar surface area (TPSA) is 98.4 Å². The van der Waals surface area contributed by atoms with Gasteiger partial charge in [-0.15, -0.1) is 10.2 Å². The Morgan fingerprint density at radius 2 is 2.00 bits per heavy atom. The number of anilines is 1. The zero-order chi connectivity index (χ0) is 10.9. The zero-order valence-corrected chi connectivity index (χ0v) is 9.42. The molecule has 0 radical (unpaired) electrons. The lowest BCUT2D eigenvalue weighted by atomic mass is 10.5. The summed E-state index contributed by atoms with van der Waals surface area (Å²) in [5, 5.41) is 7.18. The molecular weight excluding hydrogens is 240 g/mol. The summed E-state index contributed by atoms with van der Waals surface area (Å²) in [6, 6.07) is 0. The third-order valence-corrected chi connectivity index (χ3v) is 4.95. The van der Waals surface area contributed by atoms with E-state index in [9.17, 15) is 8.42 Å². The van der Waals surface area contributed by atoms with Gasteiger partial charge in [0.05, 0.1) is 13.2 Å². The standard InChI is InChI=1S/C6H10N4O3S2/c7-5-8-9-6(14-5)15(11,12)10-1-3-13-4-2-10/h1-4H2,(H2,7,8). The molecule has 0 amide bonds. The molecule has 1 aliphatic rings. The SMILES string of the molecule is Nc1nnc(S(=O)(=O)N2CCOCC2)s1. The van der Waals surface area contributed by atoms with Crippen LogP contribution in [0.1, 0.15) is 0 Å². The van der Waals surface area contributed by atoms with Crippen LogP contribution in [0.3, 0.4) is 0 Å². The zero-order valence-electron chi connectivity index (χ0n) is 7.79. The number of hydrogen-bond acceptors (Lipinski definition) is 7. The second-order valence-corrected chi connectivity index (χ2v) is 6.04. The van der Waals surface area contributed by atoms with Crippen molar-refractivity contribution in [2.45, 2.75) is 4.34 Å². The number of ether oxygens (including phenoxy) is 1. The number of sulfonamides is 1. The number of nitrogen functional groups attached to an aromatic ring is 1. The third-order valence-electron chi connectivity index (χ3n) is 1.95. The van der Waals surface area contributed by atoms with Crippen LogP contribution in [0.15, 0.2) is 4.34 Å². The molecule has 1 fully saturated rings. The average Bonchev–Trinajstić information content (AvgIpc) is 2.67. The molecular formula is C6H10N4O3S2. The normalized spacial score (nSPS) is 19.2. The van der Waals surface area contributed by atoms with E-state index in [-0.39, 0.29) is 9.47 Å². The van der Waals surface area contributed by atoms with Crippen molar-refractivity contribution in [1.29, 1.82) is 0 Å². The number of nitrogens with zero attached hydrogens (tertiary/aromatic N) is 3. The molecule has 0 aromatic carbocycles. The van der Waals surface area contributed by atoms with Gasteiger partial charge in [0.2, 0.25) is 9.47 Å². The van der Waals surface area contributed by atoms with E-state index in [0.29, 0.717) is 26.3 Å². The van der Waals surface area contributed by atoms with Gasteiger partial charge < -0.3 is 10.5 Å². The molecule has 15 heavy (non-hydrogen) atoms. The molecule has 0 spiro atoms. The van der Waals surface area contributed by atoms with Gasteiger partial charge in [-0.2, -0.15) is 4.31 Å². The molecule has 0 bridgehead atoms. The highest BCUT2D eigenvalue weighted by atomic mass is 32.2. The molecule has 1 aliphatic heterocycles. The summed E-state index contributed by atoms with van der Waals surface area (Å²) in [5.41, 5.74) is 5.34. The highest BCUT2D eigenvalue weighted by Crippen LogP contribution is 2.21. The summed E-state index contributed by atoms with van der Waals surface area (Å²) < 4.78 is 30.2. The fourth-order valence-corrected chi connectivity index (χ4v) is 3.55. The van der Waals surface area contributed by atoms with Gasteiger partial charge in [0, 0.05) is 13.1 Å². The minimum absolute atomic E-state index is 0.0538. The maximum Gasteiger partial charge on any atom is 0.272 e. The van der Waals surface area contributed by atoms with E-state index in [4.69, 9.17) is 10.5 Å². The molecule has 0 atom stereocenters. The van der Waals surface area contributed by atoms with Gasteiger partial charge in [-0.1, -0.05) is 11.3 Å². The fraction of sp³-hybridized carbons (Fsp3) is 0.667. The van der Waals surface area contributed by atoms with Crippen LogP contribution in [0.5, 0.6) is 0 Å². The monoisotopic (exact) mass is 250 g/mol. The predicted molar refractivity (Wildman–Crippen MR) is 53.9 cm³/mol. The van der Waals surface area contributed by atoms with Crippen molar-refractivity contribution in [2.75, 3.05) is 32.0 Å². The Hall–Kier alpha value is -0.770. The van der Waals surface area contributed by atoms with Crippen molar-refractivity contribution in [1.82, 2.24) is 14.5 Å². The molecule has 1 aromatic heterocycles. The van der Waals surface area contributed by atoms with Crippen molar-refractivity contribution < 1.29 is 13.2 Å². The number of nitrogens with two attached hydrogens (primary N) is 1. The Balaban J connectivity index is 2.26. The van der Waals surface area contributed by atoms with E-state index in [1.807, 2.05) is 0 Å². The molecule has 2 heterocycles. The van der Waals surface area contributed by atoms with Crippen molar-refractivity contribution in [3.05, 3.63) is 0 Å². The maximum absolute atomic E-state index is 11.9. The van der Waals surface area contributed by atoms with E-state index in [0.717, 1.165) is 11.3 Å². The Morgan fingerprint density at radius 3 is 2.53 bits per heavy atom. The van der Waals surface area contributed by atoms with Gasteiger partial charge >= 0.3 is 0 Å². The summed E-state index contributed by atoms with van der Waals surface area (Å²) in [4.78, 5) is 0. The van der Waals surface area contributed by atoms with Crippen molar-refractivity contribution in [3.8, 4) is 0 Å². The first-order valence-electron chi connectivity index (χ1n) is 4.27. The van der Waals surface area contributed by atoms with Crippen LogP contribution < -0.4 is 5.73 Å². The molecule has 0 unspecified atom stereocenters. The summed E-state index contributed by atoms with van der Waals surface area (Å²) in [6.07, 6.45) is 0. The molecule has 2 N–H and O–H groups in total. The Bertz CT molecular complexity index is 437. The van der Waals surface area contributed by atoms with Crippen LogP contribution >= 0.6 is 11.3 Å². The van der Waals surface area contributed by atoms with E-state index < -0.39 is 10.0 Å².